The number of morpholine rings is 1. The summed E-state index contributed by atoms with van der Waals surface area (Å²) in [4.78, 5) is 32.4. The molecule has 0 aliphatic carbocycles. The minimum absolute atomic E-state index is 0.0499. The summed E-state index contributed by atoms with van der Waals surface area (Å²) in [6, 6.07) is 5.93. The zero-order valence-corrected chi connectivity index (χ0v) is 13.8. The van der Waals surface area contributed by atoms with Gasteiger partial charge in [-0.3, -0.25) is 9.59 Å². The summed E-state index contributed by atoms with van der Waals surface area (Å²) in [6.07, 6.45) is 1.20. The topological polar surface area (TPSA) is 87.3 Å². The van der Waals surface area contributed by atoms with E-state index in [4.69, 9.17) is 4.74 Å². The van der Waals surface area contributed by atoms with Crippen LogP contribution in [0.1, 0.15) is 34.9 Å². The Kier molecular flexibility index (Phi) is 5.08. The number of nitrogens with zero attached hydrogens (tertiary/aromatic N) is 2. The number of benzene rings is 1. The van der Waals surface area contributed by atoms with E-state index in [1.54, 1.807) is 23.2 Å². The van der Waals surface area contributed by atoms with Crippen LogP contribution >= 0.6 is 0 Å². The number of hydrogen-bond acceptors (Lipinski definition) is 4. The molecule has 2 heterocycles. The Bertz CT molecular complexity index is 777. The number of carbonyl (C=O) groups is 2. The highest BCUT2D eigenvalue weighted by molar-refractivity contribution is 5.94. The van der Waals surface area contributed by atoms with Gasteiger partial charge in [0.2, 0.25) is 5.91 Å². The van der Waals surface area contributed by atoms with Crippen molar-refractivity contribution in [3.8, 4) is 0 Å². The Balaban J connectivity index is 1.68. The second-order valence-corrected chi connectivity index (χ2v) is 5.79. The van der Waals surface area contributed by atoms with Crippen molar-refractivity contribution in [3.63, 3.8) is 0 Å². The molecule has 25 heavy (non-hydrogen) atoms. The third-order valence-corrected chi connectivity index (χ3v) is 3.94. The fourth-order valence-corrected chi connectivity index (χ4v) is 2.65. The molecule has 1 saturated heterocycles. The highest BCUT2D eigenvalue weighted by atomic mass is 19.1. The Morgan fingerprint density at radius 3 is 3.00 bits per heavy atom. The van der Waals surface area contributed by atoms with Gasteiger partial charge in [0.1, 0.15) is 17.7 Å². The van der Waals surface area contributed by atoms with Gasteiger partial charge in [0.05, 0.1) is 37.2 Å². The number of aromatic nitrogens is 2. The van der Waals surface area contributed by atoms with Gasteiger partial charge in [-0.15, -0.1) is 0 Å². The third-order valence-electron chi connectivity index (χ3n) is 3.94. The fourth-order valence-electron chi connectivity index (χ4n) is 2.65. The Hall–Kier alpha value is -2.74. The van der Waals surface area contributed by atoms with Crippen LogP contribution in [0.3, 0.4) is 0 Å². The van der Waals surface area contributed by atoms with Crippen molar-refractivity contribution in [1.82, 2.24) is 20.2 Å². The first-order chi connectivity index (χ1) is 12.0. The van der Waals surface area contributed by atoms with Gasteiger partial charge in [-0.25, -0.2) is 9.37 Å². The van der Waals surface area contributed by atoms with Crippen molar-refractivity contribution >= 4 is 11.8 Å². The number of halogens is 1. The summed E-state index contributed by atoms with van der Waals surface area (Å²) in [6.45, 7) is 2.79. The lowest BCUT2D eigenvalue weighted by Crippen LogP contribution is -2.42. The fraction of sp³-hybridized carbons (Fsp3) is 0.353. The first-order valence-electron chi connectivity index (χ1n) is 7.98. The second kappa shape index (κ2) is 7.43. The molecule has 2 amide bonds. The molecule has 0 unspecified atom stereocenters. The van der Waals surface area contributed by atoms with E-state index in [1.807, 2.05) is 0 Å². The van der Waals surface area contributed by atoms with Crippen molar-refractivity contribution in [2.45, 2.75) is 19.6 Å². The van der Waals surface area contributed by atoms with E-state index in [0.29, 0.717) is 25.5 Å². The summed E-state index contributed by atoms with van der Waals surface area (Å²) < 4.78 is 19.5. The molecule has 0 radical (unpaired) electrons. The quantitative estimate of drug-likeness (QED) is 0.876. The van der Waals surface area contributed by atoms with Crippen molar-refractivity contribution in [2.75, 3.05) is 19.7 Å². The van der Waals surface area contributed by atoms with E-state index in [2.05, 4.69) is 15.3 Å². The maximum atomic E-state index is 13.8. The lowest BCUT2D eigenvalue weighted by Gasteiger charge is -2.32. The predicted octanol–water partition coefficient (Wildman–Crippen LogP) is 1.40. The molecule has 8 heteroatoms. The van der Waals surface area contributed by atoms with Gasteiger partial charge in [-0.2, -0.15) is 0 Å². The molecule has 1 fully saturated rings. The van der Waals surface area contributed by atoms with E-state index in [-0.39, 0.29) is 23.9 Å². The molecular formula is C17H19FN4O3. The molecule has 7 nitrogen and oxygen atoms in total. The van der Waals surface area contributed by atoms with Crippen LogP contribution in [0, 0.1) is 5.82 Å². The molecule has 1 aliphatic rings. The number of aromatic amines is 1. The highest BCUT2D eigenvalue weighted by Gasteiger charge is 2.28. The zero-order chi connectivity index (χ0) is 17.8. The van der Waals surface area contributed by atoms with Gasteiger partial charge < -0.3 is 19.9 Å². The number of rotatable bonds is 4. The maximum Gasteiger partial charge on any atom is 0.257 e. The van der Waals surface area contributed by atoms with Crippen molar-refractivity contribution in [2.24, 2.45) is 0 Å². The van der Waals surface area contributed by atoms with Crippen LogP contribution in [-0.4, -0.2) is 46.4 Å². The van der Waals surface area contributed by atoms with E-state index in [9.17, 15) is 14.0 Å². The molecule has 1 aliphatic heterocycles. The normalized spacial score (nSPS) is 17.4. The number of hydrogen-bond donors (Lipinski definition) is 2. The number of nitrogens with one attached hydrogen (secondary N) is 2. The monoisotopic (exact) mass is 346 g/mol. The Morgan fingerprint density at radius 1 is 1.44 bits per heavy atom. The molecule has 0 bridgehead atoms. The van der Waals surface area contributed by atoms with E-state index >= 15 is 0 Å². The Labute approximate surface area is 144 Å². The van der Waals surface area contributed by atoms with E-state index in [1.165, 1.54) is 19.1 Å². The average Bonchev–Trinajstić information content (AvgIpc) is 3.09. The second-order valence-electron chi connectivity index (χ2n) is 5.79. The largest absolute Gasteiger partial charge is 0.367 e. The van der Waals surface area contributed by atoms with Crippen molar-refractivity contribution < 1.29 is 18.7 Å². The SMILES string of the molecule is CC(=O)NCc1cnc([C@@H]2CN(C(=O)c3ccccc3F)CCO2)[nH]1. The molecule has 0 spiro atoms. The first kappa shape index (κ1) is 17.1. The summed E-state index contributed by atoms with van der Waals surface area (Å²) in [5.41, 5.74) is 0.792. The number of amides is 2. The number of H-pyrrole nitrogens is 1. The highest BCUT2D eigenvalue weighted by Crippen LogP contribution is 2.22. The van der Waals surface area contributed by atoms with Crippen LogP contribution < -0.4 is 5.32 Å². The van der Waals surface area contributed by atoms with Crippen LogP contribution in [-0.2, 0) is 16.1 Å². The van der Waals surface area contributed by atoms with Gasteiger partial charge in [0.25, 0.3) is 5.91 Å². The van der Waals surface area contributed by atoms with E-state index < -0.39 is 11.9 Å². The first-order valence-corrected chi connectivity index (χ1v) is 7.98. The molecule has 132 valence electrons. The molecule has 0 saturated carbocycles. The molecule has 2 N–H and O–H groups in total. The molecule has 1 aromatic carbocycles. The smallest absolute Gasteiger partial charge is 0.257 e. The number of carbonyl (C=O) groups excluding carboxylic acids is 2. The number of imidazole rings is 1. The summed E-state index contributed by atoms with van der Waals surface area (Å²) in [7, 11) is 0. The lowest BCUT2D eigenvalue weighted by molar-refractivity contribution is -0.119. The average molecular weight is 346 g/mol. The summed E-state index contributed by atoms with van der Waals surface area (Å²) in [5, 5.41) is 2.68. The molecule has 1 aromatic heterocycles. The maximum absolute atomic E-state index is 13.8. The molecule has 2 aromatic rings. The predicted molar refractivity (Wildman–Crippen MR) is 87.1 cm³/mol. The van der Waals surface area contributed by atoms with Crippen LogP contribution in [0.4, 0.5) is 4.39 Å². The summed E-state index contributed by atoms with van der Waals surface area (Å²) >= 11 is 0. The zero-order valence-electron chi connectivity index (χ0n) is 13.8. The number of ether oxygens (including phenoxy) is 1. The van der Waals surface area contributed by atoms with Crippen molar-refractivity contribution in [1.29, 1.82) is 0 Å². The van der Waals surface area contributed by atoms with Crippen LogP contribution in [0.15, 0.2) is 30.5 Å². The minimum Gasteiger partial charge on any atom is -0.367 e. The molecule has 3 rings (SSSR count). The van der Waals surface area contributed by atoms with Crippen LogP contribution in [0.25, 0.3) is 0 Å². The van der Waals surface area contributed by atoms with Crippen molar-refractivity contribution in [3.05, 3.63) is 53.4 Å². The molecule has 1 atom stereocenters. The van der Waals surface area contributed by atoms with Gasteiger partial charge in [0.15, 0.2) is 0 Å². The van der Waals surface area contributed by atoms with Crippen LogP contribution in [0.2, 0.25) is 0 Å². The van der Waals surface area contributed by atoms with Gasteiger partial charge >= 0.3 is 0 Å². The molecular weight excluding hydrogens is 327 g/mol. The summed E-state index contributed by atoms with van der Waals surface area (Å²) in [5.74, 6) is -0.458. The standard InChI is InChI=1S/C17H19FN4O3/c1-11(23)19-8-12-9-20-16(21-12)15-10-22(6-7-25-15)17(24)13-4-2-3-5-14(13)18/h2-5,9,15H,6-8,10H2,1H3,(H,19,23)(H,20,21)/t15-/m0/s1. The van der Waals surface area contributed by atoms with Gasteiger partial charge in [-0.1, -0.05) is 12.1 Å². The van der Waals surface area contributed by atoms with Gasteiger partial charge in [0, 0.05) is 13.5 Å². The minimum atomic E-state index is -0.536. The third kappa shape index (κ3) is 4.03. The van der Waals surface area contributed by atoms with Crippen LogP contribution in [0.5, 0.6) is 0 Å². The lowest BCUT2D eigenvalue weighted by atomic mass is 10.1. The van der Waals surface area contributed by atoms with E-state index in [0.717, 1.165) is 5.69 Å². The Morgan fingerprint density at radius 2 is 2.24 bits per heavy atom. The van der Waals surface area contributed by atoms with Gasteiger partial charge in [-0.05, 0) is 12.1 Å².